The molecule has 0 aliphatic carbocycles. The highest BCUT2D eigenvalue weighted by Gasteiger charge is 2.16. The summed E-state index contributed by atoms with van der Waals surface area (Å²) in [6, 6.07) is 3.50. The van der Waals surface area contributed by atoms with Gasteiger partial charge in [-0.3, -0.25) is 9.78 Å². The van der Waals surface area contributed by atoms with Crippen molar-refractivity contribution in [2.24, 2.45) is 0 Å². The molecule has 2 heterocycles. The third-order valence-corrected chi connectivity index (χ3v) is 2.91. The maximum Gasteiger partial charge on any atom is 0.272 e. The van der Waals surface area contributed by atoms with Gasteiger partial charge in [-0.05, 0) is 25.5 Å². The van der Waals surface area contributed by atoms with Crippen LogP contribution in [0.4, 0.5) is 0 Å². The van der Waals surface area contributed by atoms with Crippen molar-refractivity contribution in [3.05, 3.63) is 24.0 Å². The number of nitrogens with one attached hydrogen (secondary N) is 1. The topological polar surface area (TPSA) is 54.5 Å². The molecule has 1 atom stereocenters. The van der Waals surface area contributed by atoms with Crippen molar-refractivity contribution in [1.82, 2.24) is 15.2 Å². The summed E-state index contributed by atoms with van der Waals surface area (Å²) in [7, 11) is 3.42. The molecule has 5 heteroatoms. The van der Waals surface area contributed by atoms with E-state index in [1.54, 1.807) is 32.4 Å². The normalized spacial score (nSPS) is 19.3. The summed E-state index contributed by atoms with van der Waals surface area (Å²) >= 11 is 0. The van der Waals surface area contributed by atoms with E-state index in [-0.39, 0.29) is 12.0 Å². The third kappa shape index (κ3) is 3.20. The Morgan fingerprint density at radius 2 is 2.39 bits per heavy atom. The van der Waals surface area contributed by atoms with Crippen LogP contribution in [0.1, 0.15) is 23.3 Å². The molecule has 5 nitrogen and oxygen atoms in total. The van der Waals surface area contributed by atoms with Gasteiger partial charge in [0.1, 0.15) is 17.5 Å². The molecule has 1 saturated heterocycles. The number of ether oxygens (including phenoxy) is 1. The summed E-state index contributed by atoms with van der Waals surface area (Å²) in [5.74, 6) is 0.603. The van der Waals surface area contributed by atoms with Crippen molar-refractivity contribution in [3.63, 3.8) is 0 Å². The van der Waals surface area contributed by atoms with Crippen LogP contribution in [-0.2, 0) is 0 Å². The molecule has 0 aromatic carbocycles. The molecular weight excluding hydrogens is 230 g/mol. The Morgan fingerprint density at radius 1 is 1.56 bits per heavy atom. The highest BCUT2D eigenvalue weighted by atomic mass is 16.5. The molecule has 0 saturated carbocycles. The van der Waals surface area contributed by atoms with Crippen LogP contribution in [0.15, 0.2) is 18.3 Å². The minimum Gasteiger partial charge on any atom is -0.489 e. The van der Waals surface area contributed by atoms with Crippen LogP contribution in [0.2, 0.25) is 0 Å². The molecular formula is C13H19N3O2. The van der Waals surface area contributed by atoms with E-state index in [1.807, 2.05) is 0 Å². The lowest BCUT2D eigenvalue weighted by Crippen LogP contribution is -2.37. The molecule has 0 spiro atoms. The third-order valence-electron chi connectivity index (χ3n) is 2.91. The number of aromatic nitrogens is 1. The van der Waals surface area contributed by atoms with E-state index in [0.29, 0.717) is 11.4 Å². The predicted octanol–water partition coefficient (Wildman–Crippen LogP) is 0.914. The Balaban J connectivity index is 2.04. The molecule has 2 rings (SSSR count). The Morgan fingerprint density at radius 3 is 3.06 bits per heavy atom. The first-order chi connectivity index (χ1) is 8.66. The summed E-state index contributed by atoms with van der Waals surface area (Å²) < 4.78 is 5.85. The molecule has 0 radical (unpaired) electrons. The SMILES string of the molecule is CN(C)C(=O)c1cc(OC2CCCNC2)ccn1. The first kappa shape index (κ1) is 12.8. The molecule has 1 aliphatic rings. The van der Waals surface area contributed by atoms with Gasteiger partial charge in [0.2, 0.25) is 0 Å². The molecule has 1 fully saturated rings. The van der Waals surface area contributed by atoms with Crippen LogP contribution in [-0.4, -0.2) is 49.1 Å². The van der Waals surface area contributed by atoms with Gasteiger partial charge in [-0.2, -0.15) is 0 Å². The number of hydrogen-bond donors (Lipinski definition) is 1. The van der Waals surface area contributed by atoms with Crippen molar-refractivity contribution in [3.8, 4) is 5.75 Å². The van der Waals surface area contributed by atoms with Crippen molar-refractivity contribution >= 4 is 5.91 Å². The van der Waals surface area contributed by atoms with E-state index in [9.17, 15) is 4.79 Å². The first-order valence-corrected chi connectivity index (χ1v) is 6.22. The van der Waals surface area contributed by atoms with Crippen molar-refractivity contribution in [2.75, 3.05) is 27.2 Å². The van der Waals surface area contributed by atoms with Gasteiger partial charge in [0.15, 0.2) is 0 Å². The van der Waals surface area contributed by atoms with Crippen LogP contribution in [0.25, 0.3) is 0 Å². The monoisotopic (exact) mass is 249 g/mol. The summed E-state index contributed by atoms with van der Waals surface area (Å²) in [6.07, 6.45) is 3.97. The lowest BCUT2D eigenvalue weighted by Gasteiger charge is -2.24. The van der Waals surface area contributed by atoms with Crippen molar-refractivity contribution < 1.29 is 9.53 Å². The molecule has 1 aromatic heterocycles. The fourth-order valence-electron chi connectivity index (χ4n) is 1.94. The molecule has 0 bridgehead atoms. The fourth-order valence-corrected chi connectivity index (χ4v) is 1.94. The average molecular weight is 249 g/mol. The number of amides is 1. The highest BCUT2D eigenvalue weighted by Crippen LogP contribution is 2.16. The molecule has 98 valence electrons. The molecule has 1 aliphatic heterocycles. The Kier molecular flexibility index (Phi) is 4.15. The van der Waals surface area contributed by atoms with E-state index in [4.69, 9.17) is 4.74 Å². The number of carbonyl (C=O) groups is 1. The number of hydrogen-bond acceptors (Lipinski definition) is 4. The van der Waals surface area contributed by atoms with Gasteiger partial charge >= 0.3 is 0 Å². The minimum absolute atomic E-state index is 0.109. The first-order valence-electron chi connectivity index (χ1n) is 6.22. The Hall–Kier alpha value is -1.62. The van der Waals surface area contributed by atoms with Gasteiger partial charge in [0.25, 0.3) is 5.91 Å². The second kappa shape index (κ2) is 5.82. The summed E-state index contributed by atoms with van der Waals surface area (Å²) in [4.78, 5) is 17.4. The zero-order valence-electron chi connectivity index (χ0n) is 10.8. The maximum atomic E-state index is 11.8. The molecule has 18 heavy (non-hydrogen) atoms. The Bertz CT molecular complexity index is 414. The van der Waals surface area contributed by atoms with E-state index in [1.165, 1.54) is 4.90 Å². The quantitative estimate of drug-likeness (QED) is 0.865. The maximum absolute atomic E-state index is 11.8. The van der Waals surface area contributed by atoms with E-state index in [0.717, 1.165) is 25.9 Å². The van der Waals surface area contributed by atoms with Gasteiger partial charge in [-0.1, -0.05) is 0 Å². The lowest BCUT2D eigenvalue weighted by molar-refractivity contribution is 0.0820. The Labute approximate surface area is 107 Å². The van der Waals surface area contributed by atoms with E-state index in [2.05, 4.69) is 10.3 Å². The fraction of sp³-hybridized carbons (Fsp3) is 0.538. The van der Waals surface area contributed by atoms with E-state index < -0.39 is 0 Å². The zero-order chi connectivity index (χ0) is 13.0. The van der Waals surface area contributed by atoms with Gasteiger partial charge in [0, 0.05) is 32.9 Å². The predicted molar refractivity (Wildman–Crippen MR) is 68.8 cm³/mol. The lowest BCUT2D eigenvalue weighted by atomic mass is 10.1. The van der Waals surface area contributed by atoms with E-state index >= 15 is 0 Å². The number of rotatable bonds is 3. The zero-order valence-corrected chi connectivity index (χ0v) is 10.8. The summed E-state index contributed by atoms with van der Waals surface area (Å²) in [5, 5.41) is 3.29. The molecule has 1 amide bonds. The van der Waals surface area contributed by atoms with Crippen LogP contribution < -0.4 is 10.1 Å². The van der Waals surface area contributed by atoms with Crippen molar-refractivity contribution in [2.45, 2.75) is 18.9 Å². The van der Waals surface area contributed by atoms with Crippen LogP contribution in [0.3, 0.4) is 0 Å². The smallest absolute Gasteiger partial charge is 0.272 e. The number of piperidine rings is 1. The molecule has 1 aromatic rings. The van der Waals surface area contributed by atoms with Gasteiger partial charge in [-0.15, -0.1) is 0 Å². The summed E-state index contributed by atoms with van der Waals surface area (Å²) in [6.45, 7) is 1.92. The van der Waals surface area contributed by atoms with Crippen LogP contribution in [0.5, 0.6) is 5.75 Å². The van der Waals surface area contributed by atoms with Gasteiger partial charge in [-0.25, -0.2) is 0 Å². The number of nitrogens with zero attached hydrogens (tertiary/aromatic N) is 2. The summed E-state index contributed by atoms with van der Waals surface area (Å²) in [5.41, 5.74) is 0.418. The largest absolute Gasteiger partial charge is 0.489 e. The van der Waals surface area contributed by atoms with Crippen LogP contribution in [0, 0.1) is 0 Å². The van der Waals surface area contributed by atoms with Gasteiger partial charge in [0.05, 0.1) is 0 Å². The second-order valence-corrected chi connectivity index (χ2v) is 4.66. The van der Waals surface area contributed by atoms with Crippen LogP contribution >= 0.6 is 0 Å². The second-order valence-electron chi connectivity index (χ2n) is 4.66. The minimum atomic E-state index is -0.109. The standard InChI is InChI=1S/C13H19N3O2/c1-16(2)13(17)12-8-10(5-7-15-12)18-11-4-3-6-14-9-11/h5,7-8,11,14H,3-4,6,9H2,1-2H3. The highest BCUT2D eigenvalue weighted by molar-refractivity contribution is 5.92. The number of pyridine rings is 1. The van der Waals surface area contributed by atoms with Crippen molar-refractivity contribution in [1.29, 1.82) is 0 Å². The van der Waals surface area contributed by atoms with Gasteiger partial charge < -0.3 is 15.0 Å². The molecule has 1 N–H and O–H groups in total. The number of carbonyl (C=O) groups excluding carboxylic acids is 1. The average Bonchev–Trinajstić information content (AvgIpc) is 2.39. The molecule has 1 unspecified atom stereocenters.